The fourth-order valence-corrected chi connectivity index (χ4v) is 5.20. The van der Waals surface area contributed by atoms with E-state index in [2.05, 4.69) is 5.32 Å². The molecule has 1 N–H and O–H groups in total. The molecule has 0 aliphatic carbocycles. The lowest BCUT2D eigenvalue weighted by molar-refractivity contribution is 0.450. The number of nitrogens with one attached hydrogen (secondary N) is 1. The summed E-state index contributed by atoms with van der Waals surface area (Å²) in [5.74, 6) is 0.290. The molecule has 1 atom stereocenters. The van der Waals surface area contributed by atoms with Crippen molar-refractivity contribution in [1.29, 1.82) is 0 Å². The number of hydrogen-bond acceptors (Lipinski definition) is 5. The van der Waals surface area contributed by atoms with Crippen molar-refractivity contribution in [3.05, 3.63) is 23.8 Å². The van der Waals surface area contributed by atoms with Gasteiger partial charge in [0.2, 0.25) is 10.0 Å². The highest BCUT2D eigenvalue weighted by molar-refractivity contribution is 7.91. The summed E-state index contributed by atoms with van der Waals surface area (Å²) >= 11 is 0. The Bertz CT molecular complexity index is 763. The van der Waals surface area contributed by atoms with E-state index in [0.29, 0.717) is 18.7 Å². The highest BCUT2D eigenvalue weighted by Crippen LogP contribution is 2.27. The van der Waals surface area contributed by atoms with E-state index in [1.165, 1.54) is 16.4 Å². The molecule has 0 amide bonds. The van der Waals surface area contributed by atoms with Crippen molar-refractivity contribution in [2.45, 2.75) is 23.1 Å². The van der Waals surface area contributed by atoms with Crippen molar-refractivity contribution in [2.24, 2.45) is 5.92 Å². The van der Waals surface area contributed by atoms with E-state index < -0.39 is 19.9 Å². The summed E-state index contributed by atoms with van der Waals surface area (Å²) in [5, 5.41) is 3.06. The second kappa shape index (κ2) is 7.48. The Labute approximate surface area is 144 Å². The smallest absolute Gasteiger partial charge is 0.243 e. The molecule has 1 unspecified atom stereocenters. The van der Waals surface area contributed by atoms with Gasteiger partial charge in [-0.25, -0.2) is 16.8 Å². The van der Waals surface area contributed by atoms with Crippen LogP contribution in [0.25, 0.3) is 0 Å². The van der Waals surface area contributed by atoms with E-state index in [0.717, 1.165) is 19.2 Å². The second-order valence-electron chi connectivity index (χ2n) is 5.77. The van der Waals surface area contributed by atoms with Gasteiger partial charge >= 0.3 is 0 Å². The number of halogens is 1. The van der Waals surface area contributed by atoms with Crippen LogP contribution in [0.1, 0.15) is 12.0 Å². The van der Waals surface area contributed by atoms with Gasteiger partial charge in [0.15, 0.2) is 9.84 Å². The van der Waals surface area contributed by atoms with Gasteiger partial charge in [-0.15, -0.1) is 12.4 Å². The van der Waals surface area contributed by atoms with Crippen LogP contribution >= 0.6 is 12.4 Å². The van der Waals surface area contributed by atoms with Gasteiger partial charge in [0.25, 0.3) is 0 Å². The molecule has 23 heavy (non-hydrogen) atoms. The average Bonchev–Trinajstić information content (AvgIpc) is 2.87. The van der Waals surface area contributed by atoms with Crippen LogP contribution in [-0.2, 0) is 19.9 Å². The Morgan fingerprint density at radius 1 is 1.26 bits per heavy atom. The molecule has 2 rings (SSSR count). The van der Waals surface area contributed by atoms with Crippen molar-refractivity contribution in [3.63, 3.8) is 0 Å². The van der Waals surface area contributed by atoms with Gasteiger partial charge in [0, 0.05) is 19.3 Å². The van der Waals surface area contributed by atoms with Gasteiger partial charge in [0.05, 0.1) is 9.79 Å². The molecule has 1 aliphatic rings. The zero-order chi connectivity index (χ0) is 16.5. The Morgan fingerprint density at radius 2 is 1.91 bits per heavy atom. The van der Waals surface area contributed by atoms with Crippen molar-refractivity contribution >= 4 is 32.3 Å². The molecule has 0 radical (unpaired) electrons. The van der Waals surface area contributed by atoms with Crippen LogP contribution in [-0.4, -0.2) is 54.1 Å². The minimum absolute atomic E-state index is 0. The lowest BCUT2D eigenvalue weighted by Crippen LogP contribution is -2.31. The van der Waals surface area contributed by atoms with Crippen LogP contribution in [0.15, 0.2) is 28.0 Å². The van der Waals surface area contributed by atoms with Gasteiger partial charge in [-0.05, 0) is 50.6 Å². The number of nitrogens with zero attached hydrogens (tertiary/aromatic N) is 1. The zero-order valence-electron chi connectivity index (χ0n) is 13.4. The summed E-state index contributed by atoms with van der Waals surface area (Å²) < 4.78 is 50.4. The third-order valence-electron chi connectivity index (χ3n) is 3.95. The minimum Gasteiger partial charge on any atom is -0.319 e. The lowest BCUT2D eigenvalue weighted by Gasteiger charge is -2.18. The molecule has 0 saturated carbocycles. The molecule has 1 aromatic rings. The number of rotatable bonds is 5. The first-order valence-corrected chi connectivity index (χ1v) is 10.4. The molecule has 6 nitrogen and oxygen atoms in total. The molecular formula is C14H23ClN2O4S2. The molecule has 1 aromatic carbocycles. The fraction of sp³-hybridized carbons (Fsp3) is 0.571. The molecule has 1 saturated heterocycles. The predicted molar refractivity (Wildman–Crippen MR) is 92.3 cm³/mol. The van der Waals surface area contributed by atoms with Crippen molar-refractivity contribution in [2.75, 3.05) is 32.9 Å². The first-order valence-electron chi connectivity index (χ1n) is 7.11. The van der Waals surface area contributed by atoms with Crippen LogP contribution in [0.4, 0.5) is 0 Å². The molecule has 1 heterocycles. The maximum Gasteiger partial charge on any atom is 0.243 e. The minimum atomic E-state index is -3.66. The van der Waals surface area contributed by atoms with E-state index >= 15 is 0 Å². The topological polar surface area (TPSA) is 83.6 Å². The number of aryl methyl sites for hydroxylation is 1. The van der Waals surface area contributed by atoms with Gasteiger partial charge in [-0.3, -0.25) is 0 Å². The zero-order valence-corrected chi connectivity index (χ0v) is 15.9. The van der Waals surface area contributed by atoms with Crippen molar-refractivity contribution < 1.29 is 16.8 Å². The highest BCUT2D eigenvalue weighted by atomic mass is 35.5. The monoisotopic (exact) mass is 382 g/mol. The molecule has 1 aliphatic heterocycles. The van der Waals surface area contributed by atoms with E-state index in [1.54, 1.807) is 13.0 Å². The third-order valence-corrected chi connectivity index (χ3v) is 7.06. The van der Waals surface area contributed by atoms with Crippen molar-refractivity contribution in [3.8, 4) is 0 Å². The Hall–Kier alpha value is -0.670. The molecule has 0 bridgehead atoms. The molecule has 0 spiro atoms. The first kappa shape index (κ1) is 20.4. The summed E-state index contributed by atoms with van der Waals surface area (Å²) in [6.45, 7) is 3.39. The summed E-state index contributed by atoms with van der Waals surface area (Å²) in [6.07, 6.45) is 1.89. The Kier molecular flexibility index (Phi) is 6.63. The fourth-order valence-electron chi connectivity index (χ4n) is 2.70. The first-order chi connectivity index (χ1) is 10.2. The summed E-state index contributed by atoms with van der Waals surface area (Å²) in [7, 11) is -5.26. The van der Waals surface area contributed by atoms with Gasteiger partial charge < -0.3 is 5.32 Å². The number of benzene rings is 1. The van der Waals surface area contributed by atoms with Crippen LogP contribution in [0.5, 0.6) is 0 Å². The van der Waals surface area contributed by atoms with E-state index in [9.17, 15) is 16.8 Å². The summed E-state index contributed by atoms with van der Waals surface area (Å²) in [5.41, 5.74) is 0.560. The largest absolute Gasteiger partial charge is 0.319 e. The predicted octanol–water partition coefficient (Wildman–Crippen LogP) is 1.05. The van der Waals surface area contributed by atoms with Crippen molar-refractivity contribution in [1.82, 2.24) is 9.62 Å². The Morgan fingerprint density at radius 3 is 2.48 bits per heavy atom. The number of sulfone groups is 1. The lowest BCUT2D eigenvalue weighted by atomic mass is 10.1. The average molecular weight is 383 g/mol. The van der Waals surface area contributed by atoms with Gasteiger partial charge in [-0.2, -0.15) is 4.31 Å². The van der Waals surface area contributed by atoms with E-state index in [-0.39, 0.29) is 28.1 Å². The van der Waals surface area contributed by atoms with Crippen LogP contribution < -0.4 is 5.32 Å². The van der Waals surface area contributed by atoms with Crippen LogP contribution in [0.2, 0.25) is 0 Å². The highest BCUT2D eigenvalue weighted by Gasteiger charge is 2.33. The maximum atomic E-state index is 12.8. The number of hydrogen-bond donors (Lipinski definition) is 1. The quantitative estimate of drug-likeness (QED) is 0.822. The SMILES string of the molecule is CNCC1CCN(S(=O)(=O)c2cc(S(C)(=O)=O)ccc2C)C1.Cl. The third kappa shape index (κ3) is 4.45. The normalized spacial score (nSPS) is 19.5. The van der Waals surface area contributed by atoms with Crippen LogP contribution in [0, 0.1) is 12.8 Å². The Balaban J connectivity index is 0.00000264. The molecular weight excluding hydrogens is 360 g/mol. The second-order valence-corrected chi connectivity index (χ2v) is 9.70. The molecule has 9 heteroatoms. The summed E-state index contributed by atoms with van der Waals surface area (Å²) in [6, 6.07) is 4.26. The summed E-state index contributed by atoms with van der Waals surface area (Å²) in [4.78, 5) is 0.114. The standard InChI is InChI=1S/C14H22N2O4S2.ClH/c1-11-4-5-13(21(3,17)18)8-14(11)22(19,20)16-7-6-12(10-16)9-15-2;/h4-5,8,12,15H,6-7,9-10H2,1-3H3;1H. The van der Waals surface area contributed by atoms with Gasteiger partial charge in [-0.1, -0.05) is 6.07 Å². The molecule has 1 fully saturated rings. The van der Waals surface area contributed by atoms with E-state index in [4.69, 9.17) is 0 Å². The number of sulfonamides is 1. The molecule has 132 valence electrons. The molecule has 0 aromatic heterocycles. The van der Waals surface area contributed by atoms with E-state index in [1.807, 2.05) is 7.05 Å². The van der Waals surface area contributed by atoms with Gasteiger partial charge in [0.1, 0.15) is 0 Å². The maximum absolute atomic E-state index is 12.8. The van der Waals surface area contributed by atoms with Crippen LogP contribution in [0.3, 0.4) is 0 Å².